The number of anilines is 2. The number of nitrogens with two attached hydrogens (primary N) is 1. The zero-order valence-corrected chi connectivity index (χ0v) is 11.8. The van der Waals surface area contributed by atoms with Crippen molar-refractivity contribution >= 4 is 22.7 Å². The maximum atomic E-state index is 8.91. The van der Waals surface area contributed by atoms with Crippen LogP contribution in [0.2, 0.25) is 0 Å². The highest BCUT2D eigenvalue weighted by Gasteiger charge is 2.11. The molecule has 1 atom stereocenters. The van der Waals surface area contributed by atoms with Gasteiger partial charge >= 0.3 is 0 Å². The van der Waals surface area contributed by atoms with E-state index >= 15 is 0 Å². The van der Waals surface area contributed by atoms with Gasteiger partial charge in [-0.05, 0) is 31.5 Å². The van der Waals surface area contributed by atoms with E-state index in [1.807, 2.05) is 13.1 Å². The molecule has 0 spiro atoms. The average molecular weight is 272 g/mol. The van der Waals surface area contributed by atoms with E-state index in [0.717, 1.165) is 17.1 Å². The first kappa shape index (κ1) is 13.4. The largest absolute Gasteiger partial charge is 0.397 e. The fourth-order valence-corrected chi connectivity index (χ4v) is 2.59. The highest BCUT2D eigenvalue weighted by atomic mass is 32.1. The molecule has 0 bridgehead atoms. The van der Waals surface area contributed by atoms with Crippen molar-refractivity contribution in [2.24, 2.45) is 0 Å². The number of nitrogens with zero attached hydrogens (tertiary/aromatic N) is 2. The summed E-state index contributed by atoms with van der Waals surface area (Å²) in [5, 5.41) is 13.2. The molecule has 2 aromatic rings. The van der Waals surface area contributed by atoms with E-state index in [1.165, 1.54) is 4.88 Å². The van der Waals surface area contributed by atoms with Crippen molar-refractivity contribution in [3.05, 3.63) is 39.8 Å². The van der Waals surface area contributed by atoms with E-state index in [9.17, 15) is 0 Å². The minimum absolute atomic E-state index is 0.0709. The molecule has 5 heteroatoms. The van der Waals surface area contributed by atoms with E-state index in [-0.39, 0.29) is 6.04 Å². The smallest absolute Gasteiger partial charge is 0.115 e. The van der Waals surface area contributed by atoms with Crippen molar-refractivity contribution in [2.75, 3.05) is 11.1 Å². The second-order valence-corrected chi connectivity index (χ2v) is 5.45. The Morgan fingerprint density at radius 2 is 2.32 bits per heavy atom. The van der Waals surface area contributed by atoms with Crippen LogP contribution in [0.5, 0.6) is 0 Å². The van der Waals surface area contributed by atoms with Crippen LogP contribution in [-0.4, -0.2) is 4.98 Å². The van der Waals surface area contributed by atoms with Gasteiger partial charge in [-0.3, -0.25) is 0 Å². The van der Waals surface area contributed by atoms with Crippen LogP contribution in [0.1, 0.15) is 35.3 Å². The number of rotatable bonds is 4. The summed E-state index contributed by atoms with van der Waals surface area (Å²) in [6, 6.07) is 7.40. The lowest BCUT2D eigenvalue weighted by Crippen LogP contribution is -2.08. The van der Waals surface area contributed by atoms with Crippen LogP contribution in [-0.2, 0) is 6.42 Å². The predicted molar refractivity (Wildman–Crippen MR) is 79.1 cm³/mol. The van der Waals surface area contributed by atoms with E-state index in [0.29, 0.717) is 11.3 Å². The fourth-order valence-electron chi connectivity index (χ4n) is 1.73. The van der Waals surface area contributed by atoms with Crippen molar-refractivity contribution in [1.82, 2.24) is 4.98 Å². The molecular weight excluding hydrogens is 256 g/mol. The predicted octanol–water partition coefficient (Wildman–Crippen LogP) is 3.33. The second-order valence-electron chi connectivity index (χ2n) is 4.30. The number of hydrogen-bond donors (Lipinski definition) is 2. The summed E-state index contributed by atoms with van der Waals surface area (Å²) < 4.78 is 0. The van der Waals surface area contributed by atoms with Crippen LogP contribution in [0, 0.1) is 11.3 Å². The minimum Gasteiger partial charge on any atom is -0.397 e. The summed E-state index contributed by atoms with van der Waals surface area (Å²) in [7, 11) is 0. The molecule has 0 aliphatic heterocycles. The third-order valence-electron chi connectivity index (χ3n) is 2.84. The number of nitriles is 1. The summed E-state index contributed by atoms with van der Waals surface area (Å²) in [6.07, 6.45) is 2.91. The number of benzene rings is 1. The lowest BCUT2D eigenvalue weighted by Gasteiger charge is -2.14. The van der Waals surface area contributed by atoms with Crippen LogP contribution in [0.4, 0.5) is 11.4 Å². The molecule has 0 amide bonds. The zero-order valence-electron chi connectivity index (χ0n) is 11.0. The first-order chi connectivity index (χ1) is 9.13. The highest BCUT2D eigenvalue weighted by Crippen LogP contribution is 2.27. The topological polar surface area (TPSA) is 74.7 Å². The number of thiazole rings is 1. The van der Waals surface area contributed by atoms with Gasteiger partial charge < -0.3 is 11.1 Å². The molecule has 1 aromatic carbocycles. The molecule has 19 heavy (non-hydrogen) atoms. The first-order valence-corrected chi connectivity index (χ1v) is 6.96. The molecule has 2 rings (SSSR count). The van der Waals surface area contributed by atoms with Gasteiger partial charge in [0, 0.05) is 11.1 Å². The Hall–Kier alpha value is -2.06. The number of hydrogen-bond acceptors (Lipinski definition) is 5. The van der Waals surface area contributed by atoms with Gasteiger partial charge in [-0.1, -0.05) is 6.92 Å². The number of aryl methyl sites for hydroxylation is 1. The molecule has 0 saturated carbocycles. The molecule has 1 heterocycles. The number of aromatic nitrogens is 1. The van der Waals surface area contributed by atoms with Crippen LogP contribution >= 0.6 is 11.3 Å². The SMILES string of the molecule is CCc1cnc(C(C)Nc2cc(C#N)ccc2N)s1. The average Bonchev–Trinajstić information content (AvgIpc) is 2.90. The van der Waals surface area contributed by atoms with Gasteiger partial charge in [-0.15, -0.1) is 11.3 Å². The summed E-state index contributed by atoms with van der Waals surface area (Å²) >= 11 is 1.70. The maximum Gasteiger partial charge on any atom is 0.115 e. The van der Waals surface area contributed by atoms with Crippen LogP contribution in [0.3, 0.4) is 0 Å². The Bertz CT molecular complexity index is 612. The molecule has 98 valence electrons. The fraction of sp³-hybridized carbons (Fsp3) is 0.286. The maximum absolute atomic E-state index is 8.91. The van der Waals surface area contributed by atoms with E-state index in [2.05, 4.69) is 23.3 Å². The summed E-state index contributed by atoms with van der Waals surface area (Å²) in [4.78, 5) is 5.67. The monoisotopic (exact) mass is 272 g/mol. The van der Waals surface area contributed by atoms with Crippen molar-refractivity contribution in [3.63, 3.8) is 0 Å². The molecule has 1 aromatic heterocycles. The van der Waals surface area contributed by atoms with E-state index < -0.39 is 0 Å². The molecule has 0 saturated heterocycles. The Morgan fingerprint density at radius 3 is 2.95 bits per heavy atom. The van der Waals surface area contributed by atoms with Gasteiger partial charge in [0.2, 0.25) is 0 Å². The summed E-state index contributed by atoms with van der Waals surface area (Å²) in [6.45, 7) is 4.15. The first-order valence-electron chi connectivity index (χ1n) is 6.14. The molecule has 0 fully saturated rings. The summed E-state index contributed by atoms with van der Waals surface area (Å²) in [5.74, 6) is 0. The molecule has 0 aliphatic rings. The lowest BCUT2D eigenvalue weighted by molar-refractivity contribution is 0.870. The molecule has 0 radical (unpaired) electrons. The van der Waals surface area contributed by atoms with Crippen molar-refractivity contribution < 1.29 is 0 Å². The van der Waals surface area contributed by atoms with Crippen LogP contribution < -0.4 is 11.1 Å². The van der Waals surface area contributed by atoms with E-state index in [1.54, 1.807) is 29.5 Å². The van der Waals surface area contributed by atoms with Gasteiger partial charge in [0.15, 0.2) is 0 Å². The molecular formula is C14H16N4S. The summed E-state index contributed by atoms with van der Waals surface area (Å²) in [5.41, 5.74) is 7.92. The quantitative estimate of drug-likeness (QED) is 0.837. The van der Waals surface area contributed by atoms with Crippen molar-refractivity contribution in [1.29, 1.82) is 5.26 Å². The van der Waals surface area contributed by atoms with Gasteiger partial charge in [0.1, 0.15) is 5.01 Å². The normalized spacial score (nSPS) is 11.8. The second kappa shape index (κ2) is 5.72. The molecule has 3 N–H and O–H groups in total. The Balaban J connectivity index is 2.18. The van der Waals surface area contributed by atoms with Gasteiger partial charge in [0.25, 0.3) is 0 Å². The molecule has 0 aliphatic carbocycles. The van der Waals surface area contributed by atoms with Crippen LogP contribution in [0.25, 0.3) is 0 Å². The minimum atomic E-state index is 0.0709. The third kappa shape index (κ3) is 3.04. The number of nitrogens with one attached hydrogen (secondary N) is 1. The number of nitrogen functional groups attached to an aromatic ring is 1. The molecule has 1 unspecified atom stereocenters. The molecule has 4 nitrogen and oxygen atoms in total. The van der Waals surface area contributed by atoms with Gasteiger partial charge in [0.05, 0.1) is 29.0 Å². The van der Waals surface area contributed by atoms with Gasteiger partial charge in [-0.25, -0.2) is 4.98 Å². The highest BCUT2D eigenvalue weighted by molar-refractivity contribution is 7.11. The Morgan fingerprint density at radius 1 is 1.53 bits per heavy atom. The van der Waals surface area contributed by atoms with Crippen LogP contribution in [0.15, 0.2) is 24.4 Å². The Labute approximate surface area is 116 Å². The Kier molecular flexibility index (Phi) is 4.03. The lowest BCUT2D eigenvalue weighted by atomic mass is 10.1. The standard InChI is InChI=1S/C14H16N4S/c1-3-11-8-17-14(19-11)9(2)18-13-6-10(7-15)4-5-12(13)16/h4-6,8-9,18H,3,16H2,1-2H3. The van der Waals surface area contributed by atoms with E-state index in [4.69, 9.17) is 11.0 Å². The van der Waals surface area contributed by atoms with Crippen molar-refractivity contribution in [3.8, 4) is 6.07 Å². The third-order valence-corrected chi connectivity index (χ3v) is 4.17. The van der Waals surface area contributed by atoms with Gasteiger partial charge in [-0.2, -0.15) is 5.26 Å². The van der Waals surface area contributed by atoms with Crippen molar-refractivity contribution in [2.45, 2.75) is 26.3 Å². The zero-order chi connectivity index (χ0) is 13.8.